The SMILES string of the molecule is Cc1c(Br)cccc1C(=O)NC1CCC(C)C1. The summed E-state index contributed by atoms with van der Waals surface area (Å²) in [5, 5.41) is 3.13. The number of carbonyl (C=O) groups is 1. The summed E-state index contributed by atoms with van der Waals surface area (Å²) in [6.07, 6.45) is 3.45. The molecule has 0 heterocycles. The van der Waals surface area contributed by atoms with Crippen molar-refractivity contribution >= 4 is 21.8 Å². The summed E-state index contributed by atoms with van der Waals surface area (Å²) in [5.74, 6) is 0.798. The third kappa shape index (κ3) is 2.89. The van der Waals surface area contributed by atoms with Crippen LogP contribution in [0.2, 0.25) is 0 Å². The second kappa shape index (κ2) is 5.21. The minimum absolute atomic E-state index is 0.0582. The fourth-order valence-electron chi connectivity index (χ4n) is 2.45. The van der Waals surface area contributed by atoms with Crippen molar-refractivity contribution in [1.29, 1.82) is 0 Å². The highest BCUT2D eigenvalue weighted by atomic mass is 79.9. The van der Waals surface area contributed by atoms with Crippen molar-refractivity contribution in [2.24, 2.45) is 5.92 Å². The average Bonchev–Trinajstić information content (AvgIpc) is 2.68. The standard InChI is InChI=1S/C14H18BrNO/c1-9-6-7-11(8-9)16-14(17)12-4-3-5-13(15)10(12)2/h3-5,9,11H,6-8H2,1-2H3,(H,16,17). The van der Waals surface area contributed by atoms with E-state index in [1.165, 1.54) is 6.42 Å². The quantitative estimate of drug-likeness (QED) is 0.886. The number of amides is 1. The molecule has 0 radical (unpaired) electrons. The summed E-state index contributed by atoms with van der Waals surface area (Å²) in [4.78, 5) is 12.1. The summed E-state index contributed by atoms with van der Waals surface area (Å²) in [6, 6.07) is 6.11. The largest absolute Gasteiger partial charge is 0.349 e. The van der Waals surface area contributed by atoms with E-state index in [0.29, 0.717) is 6.04 Å². The van der Waals surface area contributed by atoms with E-state index in [1.54, 1.807) is 0 Å². The summed E-state index contributed by atoms with van der Waals surface area (Å²) >= 11 is 3.46. The Bertz CT molecular complexity index is 430. The molecule has 1 fully saturated rings. The van der Waals surface area contributed by atoms with Crippen molar-refractivity contribution in [3.05, 3.63) is 33.8 Å². The Morgan fingerprint density at radius 2 is 2.18 bits per heavy atom. The van der Waals surface area contributed by atoms with E-state index in [4.69, 9.17) is 0 Å². The van der Waals surface area contributed by atoms with Gasteiger partial charge in [-0.3, -0.25) is 4.79 Å². The van der Waals surface area contributed by atoms with Gasteiger partial charge < -0.3 is 5.32 Å². The molecule has 1 aliphatic carbocycles. The molecule has 1 aliphatic rings. The Morgan fingerprint density at radius 1 is 1.41 bits per heavy atom. The molecule has 1 aromatic carbocycles. The Balaban J connectivity index is 2.07. The topological polar surface area (TPSA) is 29.1 Å². The first-order chi connectivity index (χ1) is 8.08. The van der Waals surface area contributed by atoms with Crippen LogP contribution in [0.1, 0.15) is 42.1 Å². The Labute approximate surface area is 111 Å². The van der Waals surface area contributed by atoms with Crippen LogP contribution in [0.3, 0.4) is 0 Å². The van der Waals surface area contributed by atoms with Crippen LogP contribution in [0.5, 0.6) is 0 Å². The van der Waals surface area contributed by atoms with Crippen LogP contribution in [0.25, 0.3) is 0 Å². The fraction of sp³-hybridized carbons (Fsp3) is 0.500. The van der Waals surface area contributed by atoms with Gasteiger partial charge in [0.1, 0.15) is 0 Å². The van der Waals surface area contributed by atoms with Gasteiger partial charge in [0.25, 0.3) is 5.91 Å². The maximum absolute atomic E-state index is 12.1. The van der Waals surface area contributed by atoms with E-state index >= 15 is 0 Å². The Hall–Kier alpha value is -0.830. The smallest absolute Gasteiger partial charge is 0.251 e. The third-order valence-corrected chi connectivity index (χ3v) is 4.40. The summed E-state index contributed by atoms with van der Waals surface area (Å²) in [7, 11) is 0. The van der Waals surface area contributed by atoms with Crippen molar-refractivity contribution in [3.8, 4) is 0 Å². The van der Waals surface area contributed by atoms with Gasteiger partial charge in [0.15, 0.2) is 0 Å². The highest BCUT2D eigenvalue weighted by Crippen LogP contribution is 2.25. The number of hydrogen-bond acceptors (Lipinski definition) is 1. The van der Waals surface area contributed by atoms with E-state index in [0.717, 1.165) is 34.4 Å². The number of rotatable bonds is 2. The lowest BCUT2D eigenvalue weighted by atomic mass is 10.1. The van der Waals surface area contributed by atoms with Gasteiger partial charge in [-0.05, 0) is 49.8 Å². The maximum atomic E-state index is 12.1. The molecule has 1 N–H and O–H groups in total. The normalized spacial score (nSPS) is 23.7. The second-order valence-electron chi connectivity index (χ2n) is 5.00. The third-order valence-electron chi connectivity index (χ3n) is 3.54. The van der Waals surface area contributed by atoms with E-state index in [-0.39, 0.29) is 5.91 Å². The van der Waals surface area contributed by atoms with Crippen LogP contribution < -0.4 is 5.32 Å². The van der Waals surface area contributed by atoms with Gasteiger partial charge in [-0.1, -0.05) is 28.9 Å². The average molecular weight is 296 g/mol. The minimum Gasteiger partial charge on any atom is -0.349 e. The molecule has 1 saturated carbocycles. The Kier molecular flexibility index (Phi) is 3.87. The molecule has 2 atom stereocenters. The summed E-state index contributed by atoms with van der Waals surface area (Å²) < 4.78 is 0.991. The van der Waals surface area contributed by atoms with E-state index < -0.39 is 0 Å². The molecule has 1 amide bonds. The van der Waals surface area contributed by atoms with Crippen molar-refractivity contribution in [3.63, 3.8) is 0 Å². The van der Waals surface area contributed by atoms with Crippen molar-refractivity contribution in [2.75, 3.05) is 0 Å². The molecular formula is C14H18BrNO. The zero-order valence-electron chi connectivity index (χ0n) is 10.3. The lowest BCUT2D eigenvalue weighted by molar-refractivity contribution is 0.0936. The first kappa shape index (κ1) is 12.6. The first-order valence-electron chi connectivity index (χ1n) is 6.14. The molecule has 3 heteroatoms. The molecule has 17 heavy (non-hydrogen) atoms. The van der Waals surface area contributed by atoms with Crippen molar-refractivity contribution < 1.29 is 4.79 Å². The molecule has 0 bridgehead atoms. The number of hydrogen-bond donors (Lipinski definition) is 1. The van der Waals surface area contributed by atoms with E-state index in [1.807, 2.05) is 25.1 Å². The van der Waals surface area contributed by atoms with E-state index in [2.05, 4.69) is 28.2 Å². The molecule has 1 aromatic rings. The van der Waals surface area contributed by atoms with Gasteiger partial charge in [0.05, 0.1) is 0 Å². The molecule has 2 unspecified atom stereocenters. The molecule has 0 spiro atoms. The van der Waals surface area contributed by atoms with Crippen LogP contribution in [-0.4, -0.2) is 11.9 Å². The summed E-state index contributed by atoms with van der Waals surface area (Å²) in [6.45, 7) is 4.22. The first-order valence-corrected chi connectivity index (χ1v) is 6.93. The minimum atomic E-state index is 0.0582. The van der Waals surface area contributed by atoms with Gasteiger partial charge in [0.2, 0.25) is 0 Å². The molecule has 92 valence electrons. The second-order valence-corrected chi connectivity index (χ2v) is 5.86. The van der Waals surface area contributed by atoms with Crippen LogP contribution >= 0.6 is 15.9 Å². The van der Waals surface area contributed by atoms with Gasteiger partial charge >= 0.3 is 0 Å². The number of benzene rings is 1. The maximum Gasteiger partial charge on any atom is 0.251 e. The van der Waals surface area contributed by atoms with Crippen LogP contribution in [0, 0.1) is 12.8 Å². The van der Waals surface area contributed by atoms with Gasteiger partial charge in [-0.2, -0.15) is 0 Å². The van der Waals surface area contributed by atoms with Crippen LogP contribution in [-0.2, 0) is 0 Å². The lowest BCUT2D eigenvalue weighted by Gasteiger charge is -2.14. The van der Waals surface area contributed by atoms with Crippen molar-refractivity contribution in [2.45, 2.75) is 39.2 Å². The number of carbonyl (C=O) groups excluding carboxylic acids is 1. The predicted molar refractivity (Wildman–Crippen MR) is 73.1 cm³/mol. The zero-order chi connectivity index (χ0) is 12.4. The molecule has 0 saturated heterocycles. The van der Waals surface area contributed by atoms with E-state index in [9.17, 15) is 4.79 Å². The van der Waals surface area contributed by atoms with Gasteiger partial charge in [0, 0.05) is 16.1 Å². The molecule has 0 aliphatic heterocycles. The van der Waals surface area contributed by atoms with Gasteiger partial charge in [-0.25, -0.2) is 0 Å². The molecule has 2 rings (SSSR count). The predicted octanol–water partition coefficient (Wildman–Crippen LogP) is 3.68. The molecular weight excluding hydrogens is 278 g/mol. The zero-order valence-corrected chi connectivity index (χ0v) is 11.9. The fourth-order valence-corrected chi connectivity index (χ4v) is 2.82. The lowest BCUT2D eigenvalue weighted by Crippen LogP contribution is -2.33. The van der Waals surface area contributed by atoms with Crippen molar-refractivity contribution in [1.82, 2.24) is 5.32 Å². The monoisotopic (exact) mass is 295 g/mol. The molecule has 2 nitrogen and oxygen atoms in total. The number of halogens is 1. The summed E-state index contributed by atoms with van der Waals surface area (Å²) in [5.41, 5.74) is 1.79. The van der Waals surface area contributed by atoms with Crippen LogP contribution in [0.15, 0.2) is 22.7 Å². The molecule has 0 aromatic heterocycles. The van der Waals surface area contributed by atoms with Gasteiger partial charge in [-0.15, -0.1) is 0 Å². The highest BCUT2D eigenvalue weighted by Gasteiger charge is 2.23. The Morgan fingerprint density at radius 3 is 2.82 bits per heavy atom. The highest BCUT2D eigenvalue weighted by molar-refractivity contribution is 9.10. The van der Waals surface area contributed by atoms with Crippen LogP contribution in [0.4, 0.5) is 0 Å². The number of nitrogens with one attached hydrogen (secondary N) is 1.